The van der Waals surface area contributed by atoms with E-state index in [2.05, 4.69) is 5.32 Å². The summed E-state index contributed by atoms with van der Waals surface area (Å²) in [5.41, 5.74) is 1.68. The van der Waals surface area contributed by atoms with E-state index in [9.17, 15) is 9.59 Å². The normalized spacial score (nSPS) is 15.8. The first-order valence-corrected chi connectivity index (χ1v) is 6.81. The van der Waals surface area contributed by atoms with Crippen LogP contribution in [0, 0.1) is 6.92 Å². The highest BCUT2D eigenvalue weighted by Gasteiger charge is 2.24. The Kier molecular flexibility index (Phi) is 4.61. The summed E-state index contributed by atoms with van der Waals surface area (Å²) in [5.74, 6) is -0.0420. The molecule has 1 aliphatic rings. The minimum Gasteiger partial charge on any atom is -0.453 e. The van der Waals surface area contributed by atoms with Crippen molar-refractivity contribution >= 4 is 12.0 Å². The molecular formula is C15H20N2O3. The molecule has 1 aliphatic heterocycles. The molecule has 1 N–H and O–H groups in total. The Hall–Kier alpha value is -2.04. The van der Waals surface area contributed by atoms with Gasteiger partial charge in [-0.1, -0.05) is 18.2 Å². The number of hydrogen-bond acceptors (Lipinski definition) is 3. The predicted octanol–water partition coefficient (Wildman–Crippen LogP) is 1.96. The molecule has 1 aromatic rings. The molecule has 0 aliphatic carbocycles. The number of nitrogens with one attached hydrogen (secondary N) is 1. The molecule has 5 heteroatoms. The standard InChI is InChI=1S/C15H20N2O3/c1-11-5-3-4-6-13(11)14(18)16-12-7-9-17(10-8-12)15(19)20-2/h3-6,12H,7-10H2,1-2H3,(H,16,18). The summed E-state index contributed by atoms with van der Waals surface area (Å²) in [6, 6.07) is 7.65. The highest BCUT2D eigenvalue weighted by atomic mass is 16.5. The van der Waals surface area contributed by atoms with Crippen molar-refractivity contribution in [2.45, 2.75) is 25.8 Å². The SMILES string of the molecule is COC(=O)N1CCC(NC(=O)c2ccccc2C)CC1. The van der Waals surface area contributed by atoms with Crippen LogP contribution in [0.15, 0.2) is 24.3 Å². The average molecular weight is 276 g/mol. The lowest BCUT2D eigenvalue weighted by atomic mass is 10.0. The first-order valence-electron chi connectivity index (χ1n) is 6.81. The fourth-order valence-electron chi connectivity index (χ4n) is 2.43. The average Bonchev–Trinajstić information content (AvgIpc) is 2.47. The summed E-state index contributed by atoms with van der Waals surface area (Å²) in [4.78, 5) is 25.2. The maximum atomic E-state index is 12.2. The molecule has 108 valence electrons. The summed E-state index contributed by atoms with van der Waals surface area (Å²) in [5, 5.41) is 3.04. The molecule has 5 nitrogen and oxygen atoms in total. The number of nitrogens with zero attached hydrogens (tertiary/aromatic N) is 1. The molecule has 1 heterocycles. The van der Waals surface area contributed by atoms with Gasteiger partial charge in [-0.05, 0) is 31.4 Å². The van der Waals surface area contributed by atoms with Crippen molar-refractivity contribution in [2.24, 2.45) is 0 Å². The molecule has 0 atom stereocenters. The van der Waals surface area contributed by atoms with Crippen molar-refractivity contribution in [2.75, 3.05) is 20.2 Å². The predicted molar refractivity (Wildman–Crippen MR) is 75.6 cm³/mol. The van der Waals surface area contributed by atoms with E-state index in [1.165, 1.54) is 7.11 Å². The van der Waals surface area contributed by atoms with Crippen molar-refractivity contribution in [3.63, 3.8) is 0 Å². The van der Waals surface area contributed by atoms with E-state index in [1.807, 2.05) is 31.2 Å². The zero-order valence-electron chi connectivity index (χ0n) is 11.9. The van der Waals surface area contributed by atoms with E-state index >= 15 is 0 Å². The molecule has 20 heavy (non-hydrogen) atoms. The molecule has 1 aromatic carbocycles. The van der Waals surface area contributed by atoms with Crippen LogP contribution in [-0.2, 0) is 4.74 Å². The van der Waals surface area contributed by atoms with Crippen LogP contribution >= 0.6 is 0 Å². The molecule has 0 unspecified atom stereocenters. The van der Waals surface area contributed by atoms with Crippen molar-refractivity contribution in [3.8, 4) is 0 Å². The number of amides is 2. The molecule has 0 aromatic heterocycles. The zero-order chi connectivity index (χ0) is 14.5. The fraction of sp³-hybridized carbons (Fsp3) is 0.467. The number of benzene rings is 1. The molecule has 2 rings (SSSR count). The number of rotatable bonds is 2. The zero-order valence-corrected chi connectivity index (χ0v) is 11.9. The highest BCUT2D eigenvalue weighted by molar-refractivity contribution is 5.95. The Bertz CT molecular complexity index is 494. The maximum absolute atomic E-state index is 12.2. The smallest absolute Gasteiger partial charge is 0.409 e. The van der Waals surface area contributed by atoms with Crippen molar-refractivity contribution < 1.29 is 14.3 Å². The van der Waals surface area contributed by atoms with E-state index in [0.717, 1.165) is 18.4 Å². The van der Waals surface area contributed by atoms with Crippen molar-refractivity contribution in [1.82, 2.24) is 10.2 Å². The quantitative estimate of drug-likeness (QED) is 0.898. The Labute approximate surface area is 118 Å². The summed E-state index contributed by atoms with van der Waals surface area (Å²) in [7, 11) is 1.38. The Balaban J connectivity index is 1.88. The monoisotopic (exact) mass is 276 g/mol. The molecular weight excluding hydrogens is 256 g/mol. The van der Waals surface area contributed by atoms with Crippen molar-refractivity contribution in [1.29, 1.82) is 0 Å². The number of likely N-dealkylation sites (tertiary alicyclic amines) is 1. The molecule has 0 bridgehead atoms. The van der Waals surface area contributed by atoms with Crippen LogP contribution in [0.1, 0.15) is 28.8 Å². The van der Waals surface area contributed by atoms with Gasteiger partial charge in [-0.3, -0.25) is 4.79 Å². The van der Waals surface area contributed by atoms with Crippen LogP contribution in [-0.4, -0.2) is 43.1 Å². The minimum absolute atomic E-state index is 0.0420. The Morgan fingerprint density at radius 1 is 1.25 bits per heavy atom. The molecule has 1 saturated heterocycles. The van der Waals surface area contributed by atoms with Crippen LogP contribution in [0.4, 0.5) is 4.79 Å². The maximum Gasteiger partial charge on any atom is 0.409 e. The summed E-state index contributed by atoms with van der Waals surface area (Å²) < 4.78 is 4.69. The van der Waals surface area contributed by atoms with E-state index < -0.39 is 0 Å². The van der Waals surface area contributed by atoms with Crippen LogP contribution in [0.25, 0.3) is 0 Å². The Morgan fingerprint density at radius 3 is 2.50 bits per heavy atom. The number of hydrogen-bond donors (Lipinski definition) is 1. The van der Waals surface area contributed by atoms with Gasteiger partial charge in [-0.25, -0.2) is 4.79 Å². The van der Waals surface area contributed by atoms with Gasteiger partial charge in [0.2, 0.25) is 0 Å². The summed E-state index contributed by atoms with van der Waals surface area (Å²) >= 11 is 0. The van der Waals surface area contributed by atoms with Crippen molar-refractivity contribution in [3.05, 3.63) is 35.4 Å². The number of ether oxygens (including phenoxy) is 1. The van der Waals surface area contributed by atoms with E-state index in [0.29, 0.717) is 18.7 Å². The largest absolute Gasteiger partial charge is 0.453 e. The number of methoxy groups -OCH3 is 1. The van der Waals surface area contributed by atoms with Crippen LogP contribution in [0.3, 0.4) is 0 Å². The summed E-state index contributed by atoms with van der Waals surface area (Å²) in [6.45, 7) is 3.16. The number of carbonyl (C=O) groups is 2. The lowest BCUT2D eigenvalue weighted by molar-refractivity contribution is 0.0891. The highest BCUT2D eigenvalue weighted by Crippen LogP contribution is 2.13. The number of piperidine rings is 1. The van der Waals surface area contributed by atoms with Crippen LogP contribution in [0.2, 0.25) is 0 Å². The van der Waals surface area contributed by atoms with Crippen LogP contribution < -0.4 is 5.32 Å². The van der Waals surface area contributed by atoms with Gasteiger partial charge < -0.3 is 15.0 Å². The lowest BCUT2D eigenvalue weighted by Crippen LogP contribution is -2.46. The molecule has 1 fully saturated rings. The molecule has 0 saturated carbocycles. The molecule has 2 amide bonds. The second-order valence-electron chi connectivity index (χ2n) is 5.02. The third-order valence-electron chi connectivity index (χ3n) is 3.65. The topological polar surface area (TPSA) is 58.6 Å². The van der Waals surface area contributed by atoms with Gasteiger partial charge in [0.1, 0.15) is 0 Å². The molecule has 0 spiro atoms. The third kappa shape index (κ3) is 3.29. The second-order valence-corrected chi connectivity index (χ2v) is 5.02. The van der Waals surface area contributed by atoms with Gasteiger partial charge >= 0.3 is 6.09 Å². The van der Waals surface area contributed by atoms with E-state index in [-0.39, 0.29) is 18.0 Å². The second kappa shape index (κ2) is 6.41. The van der Waals surface area contributed by atoms with E-state index in [1.54, 1.807) is 4.90 Å². The summed E-state index contributed by atoms with van der Waals surface area (Å²) in [6.07, 6.45) is 1.22. The minimum atomic E-state index is -0.298. The van der Waals surface area contributed by atoms with Gasteiger partial charge in [0.05, 0.1) is 7.11 Å². The van der Waals surface area contributed by atoms with Gasteiger partial charge in [0.25, 0.3) is 5.91 Å². The lowest BCUT2D eigenvalue weighted by Gasteiger charge is -2.31. The van der Waals surface area contributed by atoms with Gasteiger partial charge in [0.15, 0.2) is 0 Å². The van der Waals surface area contributed by atoms with Gasteiger partial charge in [-0.2, -0.15) is 0 Å². The van der Waals surface area contributed by atoms with Gasteiger partial charge in [-0.15, -0.1) is 0 Å². The van der Waals surface area contributed by atoms with E-state index in [4.69, 9.17) is 4.74 Å². The Morgan fingerprint density at radius 2 is 1.90 bits per heavy atom. The number of carbonyl (C=O) groups excluding carboxylic acids is 2. The first kappa shape index (κ1) is 14.4. The third-order valence-corrected chi connectivity index (χ3v) is 3.65. The molecule has 0 radical (unpaired) electrons. The van der Waals surface area contributed by atoms with Crippen LogP contribution in [0.5, 0.6) is 0 Å². The first-order chi connectivity index (χ1) is 9.61. The van der Waals surface area contributed by atoms with Gasteiger partial charge in [0, 0.05) is 24.7 Å². The fourth-order valence-corrected chi connectivity index (χ4v) is 2.43. The number of aryl methyl sites for hydroxylation is 1.